The molecule has 2 aromatic rings. The van der Waals surface area contributed by atoms with Crippen LogP contribution >= 0.6 is 11.6 Å². The van der Waals surface area contributed by atoms with E-state index < -0.39 is 29.6 Å². The summed E-state index contributed by atoms with van der Waals surface area (Å²) in [4.78, 5) is 16.4. The Morgan fingerprint density at radius 2 is 1.89 bits per heavy atom. The van der Waals surface area contributed by atoms with Crippen LogP contribution in [0.3, 0.4) is 0 Å². The van der Waals surface area contributed by atoms with Crippen molar-refractivity contribution in [2.45, 2.75) is 44.1 Å². The lowest BCUT2D eigenvalue weighted by Crippen LogP contribution is -2.51. The van der Waals surface area contributed by atoms with E-state index >= 15 is 0 Å². The van der Waals surface area contributed by atoms with Gasteiger partial charge in [-0.1, -0.05) is 17.7 Å². The van der Waals surface area contributed by atoms with Crippen LogP contribution in [0.2, 0.25) is 5.02 Å². The molecule has 0 radical (unpaired) electrons. The number of amidine groups is 1. The van der Waals surface area contributed by atoms with E-state index in [1.807, 2.05) is 0 Å². The Hall–Kier alpha value is -2.34. The van der Waals surface area contributed by atoms with Crippen molar-refractivity contribution >= 4 is 23.2 Å². The molecule has 3 atom stereocenters. The van der Waals surface area contributed by atoms with E-state index in [1.54, 1.807) is 24.3 Å². The number of Topliss-reactive ketones (excluding diaryl/α,β-unsaturated/α-hetero) is 1. The van der Waals surface area contributed by atoms with E-state index in [9.17, 15) is 18.0 Å². The topological polar surface area (TPSA) is 55.5 Å². The monoisotopic (exact) mass is 408 g/mol. The van der Waals surface area contributed by atoms with Crippen molar-refractivity contribution in [1.29, 1.82) is 0 Å². The van der Waals surface area contributed by atoms with Gasteiger partial charge in [0, 0.05) is 29.0 Å². The summed E-state index contributed by atoms with van der Waals surface area (Å²) in [6, 6.07) is 10.4. The van der Waals surface area contributed by atoms with E-state index in [2.05, 4.69) is 4.99 Å². The average molecular weight is 409 g/mol. The summed E-state index contributed by atoms with van der Waals surface area (Å²) in [5, 5.41) is 0.509. The molecule has 0 amide bonds. The molecular weight excluding hydrogens is 389 g/mol. The molecule has 0 unspecified atom stereocenters. The molecule has 3 rings (SSSR count). The number of hydrogen-bond donors (Lipinski definition) is 1. The van der Waals surface area contributed by atoms with Gasteiger partial charge < -0.3 is 5.73 Å². The second kappa shape index (κ2) is 7.24. The van der Waals surface area contributed by atoms with Crippen molar-refractivity contribution < 1.29 is 18.0 Å². The first-order valence-electron chi connectivity index (χ1n) is 8.79. The maximum Gasteiger partial charge on any atom is 0.167 e. The van der Waals surface area contributed by atoms with Crippen molar-refractivity contribution in [3.05, 3.63) is 70.0 Å². The number of nitrogens with two attached hydrogens (primary N) is 1. The number of carbonyl (C=O) groups excluding carboxylic acids is 1. The lowest BCUT2D eigenvalue weighted by atomic mass is 9.78. The van der Waals surface area contributed by atoms with Gasteiger partial charge in [0.2, 0.25) is 0 Å². The maximum atomic E-state index is 14.8. The molecule has 3 nitrogen and oxygen atoms in total. The fourth-order valence-corrected chi connectivity index (χ4v) is 3.43. The van der Waals surface area contributed by atoms with E-state index in [0.717, 1.165) is 13.0 Å². The van der Waals surface area contributed by atoms with Crippen molar-refractivity contribution in [3.63, 3.8) is 0 Å². The molecule has 148 valence electrons. The zero-order valence-electron chi connectivity index (χ0n) is 15.5. The fraction of sp³-hybridized carbons (Fsp3) is 0.333. The van der Waals surface area contributed by atoms with Crippen LogP contribution in [0.15, 0.2) is 47.5 Å². The summed E-state index contributed by atoms with van der Waals surface area (Å²) in [7, 11) is 0. The summed E-state index contributed by atoms with van der Waals surface area (Å²) in [5.74, 6) is -1.25. The van der Waals surface area contributed by atoms with Gasteiger partial charge in [0.05, 0.1) is 0 Å². The highest BCUT2D eigenvalue weighted by Crippen LogP contribution is 2.42. The van der Waals surface area contributed by atoms with Crippen molar-refractivity contribution in [2.24, 2.45) is 10.7 Å². The van der Waals surface area contributed by atoms with Crippen LogP contribution in [0.1, 0.15) is 41.8 Å². The van der Waals surface area contributed by atoms with Crippen LogP contribution in [0.5, 0.6) is 0 Å². The Labute approximate surface area is 166 Å². The molecule has 2 aromatic carbocycles. The van der Waals surface area contributed by atoms with Gasteiger partial charge in [0.15, 0.2) is 11.5 Å². The third-order valence-corrected chi connectivity index (χ3v) is 5.42. The van der Waals surface area contributed by atoms with Crippen molar-refractivity contribution in [3.8, 4) is 0 Å². The smallest absolute Gasteiger partial charge is 0.167 e. The molecule has 0 saturated heterocycles. The third kappa shape index (κ3) is 3.78. The van der Waals surface area contributed by atoms with E-state index in [0.29, 0.717) is 16.1 Å². The Balaban J connectivity index is 1.95. The quantitative estimate of drug-likeness (QED) is 0.728. The first kappa shape index (κ1) is 20.4. The Kier molecular flexibility index (Phi) is 5.28. The first-order valence-corrected chi connectivity index (χ1v) is 9.17. The van der Waals surface area contributed by atoms with Gasteiger partial charge in [-0.15, -0.1) is 0 Å². The zero-order valence-corrected chi connectivity index (χ0v) is 16.2. The third-order valence-electron chi connectivity index (χ3n) is 5.17. The number of hydrogen-bond acceptors (Lipinski definition) is 3. The van der Waals surface area contributed by atoms with Gasteiger partial charge in [0.25, 0.3) is 0 Å². The minimum atomic E-state index is -2.09. The molecule has 0 bridgehead atoms. The van der Waals surface area contributed by atoms with Crippen LogP contribution in [-0.2, 0) is 12.0 Å². The predicted molar refractivity (Wildman–Crippen MR) is 104 cm³/mol. The minimum Gasteiger partial charge on any atom is -0.385 e. The molecule has 0 saturated carbocycles. The van der Waals surface area contributed by atoms with Crippen molar-refractivity contribution in [1.82, 2.24) is 0 Å². The SMILES string of the molecule is C[C@@]1(F)C[C@H](F)[C@@](C)(c2cc(CC(=O)c3ccc(Cl)cc3)ccc2F)N=C1N. The number of carbonyl (C=O) groups is 1. The van der Waals surface area contributed by atoms with E-state index in [1.165, 1.54) is 19.1 Å². The lowest BCUT2D eigenvalue weighted by Gasteiger charge is -2.39. The highest BCUT2D eigenvalue weighted by molar-refractivity contribution is 6.30. The van der Waals surface area contributed by atoms with Gasteiger partial charge in [-0.3, -0.25) is 9.79 Å². The normalized spacial score (nSPS) is 27.4. The predicted octanol–water partition coefficient (Wildman–Crippen LogP) is 4.95. The standard InChI is InChI=1S/C21H20ClF3N2O/c1-20(25)11-18(24)21(2,27-19(20)26)15-9-12(3-8-16(15)23)10-17(28)13-4-6-14(22)7-5-13/h3-9,18H,10-11H2,1-2H3,(H2,26,27)/t18-,20+,21+/m0/s1. The van der Waals surface area contributed by atoms with E-state index in [4.69, 9.17) is 17.3 Å². The molecule has 0 fully saturated rings. The number of halogens is 4. The van der Waals surface area contributed by atoms with Crippen LogP contribution in [0, 0.1) is 5.82 Å². The van der Waals surface area contributed by atoms with Crippen LogP contribution in [-0.4, -0.2) is 23.5 Å². The molecule has 1 heterocycles. The fourth-order valence-electron chi connectivity index (χ4n) is 3.30. The molecule has 28 heavy (non-hydrogen) atoms. The van der Waals surface area contributed by atoms with Gasteiger partial charge in [-0.05, 0) is 55.8 Å². The van der Waals surface area contributed by atoms with Crippen LogP contribution < -0.4 is 5.73 Å². The number of benzene rings is 2. The molecule has 0 aromatic heterocycles. The zero-order chi connectivity index (χ0) is 20.7. The second-order valence-electron chi connectivity index (χ2n) is 7.43. The molecule has 1 aliphatic heterocycles. The number of nitrogens with zero attached hydrogens (tertiary/aromatic N) is 1. The minimum absolute atomic E-state index is 0.0119. The summed E-state index contributed by atoms with van der Waals surface area (Å²) < 4.78 is 43.6. The Morgan fingerprint density at radius 1 is 1.25 bits per heavy atom. The summed E-state index contributed by atoms with van der Waals surface area (Å²) in [5.41, 5.74) is 2.81. The van der Waals surface area contributed by atoms with Crippen LogP contribution in [0.4, 0.5) is 13.2 Å². The van der Waals surface area contributed by atoms with Gasteiger partial charge in [-0.2, -0.15) is 0 Å². The first-order chi connectivity index (χ1) is 13.0. The van der Waals surface area contributed by atoms with Gasteiger partial charge >= 0.3 is 0 Å². The molecular formula is C21H20ClF3N2O. The average Bonchev–Trinajstić information content (AvgIpc) is 2.62. The maximum absolute atomic E-state index is 14.8. The Bertz CT molecular complexity index is 943. The van der Waals surface area contributed by atoms with Gasteiger partial charge in [0.1, 0.15) is 23.4 Å². The number of aliphatic imine (C=N–C) groups is 1. The van der Waals surface area contributed by atoms with E-state index in [-0.39, 0.29) is 23.6 Å². The summed E-state index contributed by atoms with van der Waals surface area (Å²) in [6.07, 6.45) is -2.31. The number of alkyl halides is 2. The largest absolute Gasteiger partial charge is 0.385 e. The van der Waals surface area contributed by atoms with Gasteiger partial charge in [-0.25, -0.2) is 13.2 Å². The molecule has 1 aliphatic rings. The van der Waals surface area contributed by atoms with Crippen molar-refractivity contribution in [2.75, 3.05) is 0 Å². The molecule has 2 N–H and O–H groups in total. The second-order valence-corrected chi connectivity index (χ2v) is 7.87. The molecule has 7 heteroatoms. The summed E-state index contributed by atoms with van der Waals surface area (Å²) in [6.45, 7) is 2.53. The Morgan fingerprint density at radius 3 is 2.54 bits per heavy atom. The number of rotatable bonds is 4. The molecule has 0 aliphatic carbocycles. The summed E-state index contributed by atoms with van der Waals surface area (Å²) >= 11 is 5.82. The lowest BCUT2D eigenvalue weighted by molar-refractivity contribution is 0.0992. The number of ketones is 1. The highest BCUT2D eigenvalue weighted by Gasteiger charge is 2.49. The highest BCUT2D eigenvalue weighted by atomic mass is 35.5. The molecule has 0 spiro atoms. The van der Waals surface area contributed by atoms with Crippen LogP contribution in [0.25, 0.3) is 0 Å².